The highest BCUT2D eigenvalue weighted by Crippen LogP contribution is 2.30. The molecule has 0 amide bonds. The topological polar surface area (TPSA) is 50.3 Å². The summed E-state index contributed by atoms with van der Waals surface area (Å²) < 4.78 is 0. The van der Waals surface area contributed by atoms with Crippen LogP contribution in [0, 0.1) is 5.41 Å². The fourth-order valence-corrected chi connectivity index (χ4v) is 2.56. The van der Waals surface area contributed by atoms with E-state index >= 15 is 0 Å². The van der Waals surface area contributed by atoms with Crippen molar-refractivity contribution in [2.45, 2.75) is 27.2 Å². The maximum atomic E-state index is 12.2. The predicted molar refractivity (Wildman–Crippen MR) is 74.9 cm³/mol. The molecule has 0 radical (unpaired) electrons. The third-order valence-corrected chi connectivity index (χ3v) is 3.68. The second-order valence-corrected chi connectivity index (χ2v) is 5.05. The molecular weight excluding hydrogens is 240 g/mol. The lowest BCUT2D eigenvalue weighted by molar-refractivity contribution is -0.144. The molecule has 0 spiro atoms. The van der Waals surface area contributed by atoms with E-state index in [2.05, 4.69) is 4.98 Å². The smallest absolute Gasteiger partial charge is 0.149 e. The van der Waals surface area contributed by atoms with E-state index in [-0.39, 0.29) is 19.0 Å². The molecule has 4 heteroatoms. The van der Waals surface area contributed by atoms with Crippen molar-refractivity contribution in [3.05, 3.63) is 30.1 Å². The number of carbonyl (C=O) groups excluding carboxylic acids is 2. The number of hydrogen-bond acceptors (Lipinski definition) is 4. The second-order valence-electron chi connectivity index (χ2n) is 5.05. The summed E-state index contributed by atoms with van der Waals surface area (Å²) in [5, 5.41) is 0. The Hall–Kier alpha value is -1.55. The Morgan fingerprint density at radius 1 is 1.47 bits per heavy atom. The highest BCUT2D eigenvalue weighted by molar-refractivity contribution is 6.07. The van der Waals surface area contributed by atoms with Crippen molar-refractivity contribution in [1.29, 1.82) is 0 Å². The van der Waals surface area contributed by atoms with Crippen molar-refractivity contribution in [3.8, 4) is 0 Å². The van der Waals surface area contributed by atoms with Gasteiger partial charge in [0.05, 0.1) is 0 Å². The van der Waals surface area contributed by atoms with Crippen LogP contribution in [0.5, 0.6) is 0 Å². The molecule has 0 N–H and O–H groups in total. The molecule has 1 aliphatic heterocycles. The number of likely N-dealkylation sites (tertiary alicyclic amines) is 1. The monoisotopic (exact) mass is 262 g/mol. The maximum absolute atomic E-state index is 12.2. The zero-order valence-corrected chi connectivity index (χ0v) is 10.8. The summed E-state index contributed by atoms with van der Waals surface area (Å²) in [6.07, 6.45) is 2.55. The van der Waals surface area contributed by atoms with Crippen molar-refractivity contribution in [2.24, 2.45) is 5.41 Å². The fourth-order valence-electron chi connectivity index (χ4n) is 2.56. The Morgan fingerprint density at radius 2 is 2.21 bits per heavy atom. The Labute approximate surface area is 114 Å². The van der Waals surface area contributed by atoms with Crippen LogP contribution in [-0.2, 0) is 16.0 Å². The van der Waals surface area contributed by atoms with Crippen LogP contribution >= 0.6 is 0 Å². The summed E-state index contributed by atoms with van der Waals surface area (Å²) in [7, 11) is 1.95. The van der Waals surface area contributed by atoms with Crippen molar-refractivity contribution in [2.75, 3.05) is 20.1 Å². The van der Waals surface area contributed by atoms with E-state index in [0.29, 0.717) is 19.4 Å². The number of nitrogens with zero attached hydrogens (tertiary/aromatic N) is 2. The van der Waals surface area contributed by atoms with Gasteiger partial charge in [-0.2, -0.15) is 0 Å². The number of rotatable bonds is 3. The zero-order valence-electron chi connectivity index (χ0n) is 10.8. The SMILES string of the molecule is C.CC(=O)C1(Cc2ccccn2)CN(C)CCC1=O. The molecule has 1 aromatic heterocycles. The van der Waals surface area contributed by atoms with Crippen molar-refractivity contribution in [1.82, 2.24) is 9.88 Å². The second kappa shape index (κ2) is 6.06. The molecular formula is C15H22N2O2. The molecule has 0 saturated carbocycles. The number of pyridine rings is 1. The molecule has 1 unspecified atom stereocenters. The van der Waals surface area contributed by atoms with Gasteiger partial charge in [0, 0.05) is 37.8 Å². The number of aromatic nitrogens is 1. The van der Waals surface area contributed by atoms with Crippen LogP contribution in [0.15, 0.2) is 24.4 Å². The Bertz CT molecular complexity index is 458. The normalized spacial score (nSPS) is 23.8. The van der Waals surface area contributed by atoms with Gasteiger partial charge in [0.15, 0.2) is 0 Å². The third-order valence-electron chi connectivity index (χ3n) is 3.68. The van der Waals surface area contributed by atoms with E-state index in [0.717, 1.165) is 12.2 Å². The largest absolute Gasteiger partial charge is 0.304 e. The van der Waals surface area contributed by atoms with E-state index in [1.807, 2.05) is 30.1 Å². The van der Waals surface area contributed by atoms with Gasteiger partial charge in [-0.1, -0.05) is 13.5 Å². The van der Waals surface area contributed by atoms with Crippen LogP contribution in [0.2, 0.25) is 0 Å². The number of piperidine rings is 1. The Balaban J connectivity index is 0.00000180. The minimum atomic E-state index is -0.901. The third kappa shape index (κ3) is 3.07. The van der Waals surface area contributed by atoms with Crippen molar-refractivity contribution < 1.29 is 9.59 Å². The van der Waals surface area contributed by atoms with Gasteiger partial charge in [-0.15, -0.1) is 0 Å². The lowest BCUT2D eigenvalue weighted by atomic mass is 9.72. The lowest BCUT2D eigenvalue weighted by Crippen LogP contribution is -2.53. The van der Waals surface area contributed by atoms with Gasteiger partial charge in [0.1, 0.15) is 17.0 Å². The van der Waals surface area contributed by atoms with Gasteiger partial charge in [-0.25, -0.2) is 0 Å². The maximum Gasteiger partial charge on any atom is 0.149 e. The molecule has 2 rings (SSSR count). The van der Waals surface area contributed by atoms with Gasteiger partial charge in [-0.05, 0) is 26.1 Å². The van der Waals surface area contributed by atoms with Gasteiger partial charge < -0.3 is 4.90 Å². The summed E-state index contributed by atoms with van der Waals surface area (Å²) in [5.41, 5.74) is -0.0993. The van der Waals surface area contributed by atoms with Gasteiger partial charge in [0.2, 0.25) is 0 Å². The molecule has 1 aliphatic rings. The molecule has 0 aromatic carbocycles. The highest BCUT2D eigenvalue weighted by atomic mass is 16.2. The molecule has 2 heterocycles. The van der Waals surface area contributed by atoms with Crippen molar-refractivity contribution in [3.63, 3.8) is 0 Å². The molecule has 1 aromatic rings. The molecule has 1 atom stereocenters. The fraction of sp³-hybridized carbons (Fsp3) is 0.533. The minimum Gasteiger partial charge on any atom is -0.304 e. The van der Waals surface area contributed by atoms with Crippen LogP contribution in [-0.4, -0.2) is 41.6 Å². The van der Waals surface area contributed by atoms with E-state index in [1.54, 1.807) is 6.20 Å². The minimum absolute atomic E-state index is 0. The van der Waals surface area contributed by atoms with Gasteiger partial charge >= 0.3 is 0 Å². The van der Waals surface area contributed by atoms with E-state index in [1.165, 1.54) is 6.92 Å². The average Bonchev–Trinajstić information content (AvgIpc) is 2.35. The van der Waals surface area contributed by atoms with Crippen LogP contribution < -0.4 is 0 Å². The van der Waals surface area contributed by atoms with Gasteiger partial charge in [0.25, 0.3) is 0 Å². The predicted octanol–water partition coefficient (Wildman–Crippen LogP) is 1.74. The first-order valence-electron chi connectivity index (χ1n) is 6.17. The quantitative estimate of drug-likeness (QED) is 0.779. The molecule has 4 nitrogen and oxygen atoms in total. The number of carbonyl (C=O) groups is 2. The van der Waals surface area contributed by atoms with Crippen molar-refractivity contribution >= 4 is 11.6 Å². The summed E-state index contributed by atoms with van der Waals surface area (Å²) in [6, 6.07) is 5.58. The van der Waals surface area contributed by atoms with Gasteiger partial charge in [-0.3, -0.25) is 14.6 Å². The first-order valence-corrected chi connectivity index (χ1v) is 6.17. The molecule has 1 saturated heterocycles. The molecule has 0 aliphatic carbocycles. The standard InChI is InChI=1S/C14H18N2O2.CH4/c1-11(17)14(9-12-5-3-4-7-15-12)10-16(2)8-6-13(14)18;/h3-5,7H,6,8-10H2,1-2H3;1H4. The molecule has 1 fully saturated rings. The van der Waals surface area contributed by atoms with Crippen LogP contribution in [0.1, 0.15) is 26.5 Å². The summed E-state index contributed by atoms with van der Waals surface area (Å²) in [6.45, 7) is 2.74. The molecule has 104 valence electrons. The number of Topliss-reactive ketones (excluding diaryl/α,β-unsaturated/α-hetero) is 2. The highest BCUT2D eigenvalue weighted by Gasteiger charge is 2.46. The number of hydrogen-bond donors (Lipinski definition) is 0. The number of ketones is 2. The van der Waals surface area contributed by atoms with Crippen LogP contribution in [0.25, 0.3) is 0 Å². The molecule has 19 heavy (non-hydrogen) atoms. The van der Waals surface area contributed by atoms with E-state index in [4.69, 9.17) is 0 Å². The van der Waals surface area contributed by atoms with E-state index in [9.17, 15) is 9.59 Å². The first kappa shape index (κ1) is 15.5. The van der Waals surface area contributed by atoms with Crippen LogP contribution in [0.4, 0.5) is 0 Å². The Kier molecular flexibility index (Phi) is 4.95. The summed E-state index contributed by atoms with van der Waals surface area (Å²) >= 11 is 0. The van der Waals surface area contributed by atoms with E-state index < -0.39 is 5.41 Å². The summed E-state index contributed by atoms with van der Waals surface area (Å²) in [5.74, 6) is 0.00320. The average molecular weight is 262 g/mol. The Morgan fingerprint density at radius 3 is 2.79 bits per heavy atom. The lowest BCUT2D eigenvalue weighted by Gasteiger charge is -2.38. The van der Waals surface area contributed by atoms with Crippen LogP contribution in [0.3, 0.4) is 0 Å². The zero-order chi connectivity index (χ0) is 13.2. The summed E-state index contributed by atoms with van der Waals surface area (Å²) in [4.78, 5) is 30.5. The first-order chi connectivity index (χ1) is 8.54. The molecule has 0 bridgehead atoms.